The molecule has 0 aromatic heterocycles. The molecule has 1 N–H and O–H groups in total. The molecular formula is C16H14FNO3. The fraction of sp³-hybridized carbons (Fsp3) is 0.188. The summed E-state index contributed by atoms with van der Waals surface area (Å²) in [5.41, 5.74) is 1.96. The van der Waals surface area contributed by atoms with E-state index in [1.54, 1.807) is 19.2 Å². The van der Waals surface area contributed by atoms with E-state index >= 15 is 0 Å². The summed E-state index contributed by atoms with van der Waals surface area (Å²) < 4.78 is 18.6. The van der Waals surface area contributed by atoms with Crippen molar-refractivity contribution in [3.8, 4) is 11.5 Å². The quantitative estimate of drug-likeness (QED) is 0.924. The summed E-state index contributed by atoms with van der Waals surface area (Å²) in [6.07, 6.45) is 0.667. The number of carbonyl (C=O) groups is 1. The van der Waals surface area contributed by atoms with Crippen LogP contribution in [0.25, 0.3) is 0 Å². The van der Waals surface area contributed by atoms with Gasteiger partial charge in [-0.05, 0) is 42.3 Å². The molecule has 5 heteroatoms. The van der Waals surface area contributed by atoms with Crippen LogP contribution in [-0.4, -0.2) is 24.7 Å². The van der Waals surface area contributed by atoms with Gasteiger partial charge >= 0.3 is 0 Å². The number of fused-ring (bicyclic) bond motifs is 1. The number of benzene rings is 2. The van der Waals surface area contributed by atoms with Crippen molar-refractivity contribution in [2.45, 2.75) is 6.42 Å². The number of phenols is 1. The van der Waals surface area contributed by atoms with Crippen molar-refractivity contribution < 1.29 is 19.0 Å². The zero-order valence-electron chi connectivity index (χ0n) is 11.5. The van der Waals surface area contributed by atoms with Gasteiger partial charge in [0.2, 0.25) is 0 Å². The van der Waals surface area contributed by atoms with E-state index in [-0.39, 0.29) is 5.91 Å². The minimum Gasteiger partial charge on any atom is -0.505 e. The van der Waals surface area contributed by atoms with Crippen molar-refractivity contribution >= 4 is 11.6 Å². The lowest BCUT2D eigenvalue weighted by atomic mass is 9.98. The monoisotopic (exact) mass is 287 g/mol. The minimum atomic E-state index is -0.735. The van der Waals surface area contributed by atoms with Gasteiger partial charge in [-0.1, -0.05) is 0 Å². The minimum absolute atomic E-state index is 0.177. The van der Waals surface area contributed by atoms with Crippen LogP contribution in [0, 0.1) is 5.82 Å². The van der Waals surface area contributed by atoms with E-state index in [0.717, 1.165) is 5.56 Å². The van der Waals surface area contributed by atoms with Crippen molar-refractivity contribution in [1.29, 1.82) is 0 Å². The highest BCUT2D eigenvalue weighted by molar-refractivity contribution is 6.08. The van der Waals surface area contributed by atoms with E-state index in [9.17, 15) is 14.3 Å². The number of anilines is 1. The molecule has 1 aliphatic heterocycles. The first-order chi connectivity index (χ1) is 10.1. The predicted octanol–water partition coefficient (Wildman–Crippen LogP) is 2.74. The number of hydrogen-bond donors (Lipinski definition) is 1. The first-order valence-corrected chi connectivity index (χ1v) is 6.57. The number of methoxy groups -OCH3 is 1. The third-order valence-corrected chi connectivity index (χ3v) is 3.64. The van der Waals surface area contributed by atoms with E-state index in [0.29, 0.717) is 30.0 Å². The third kappa shape index (κ3) is 2.31. The molecule has 1 amide bonds. The highest BCUT2D eigenvalue weighted by Crippen LogP contribution is 2.29. The van der Waals surface area contributed by atoms with Crippen LogP contribution in [0.15, 0.2) is 36.4 Å². The number of phenolic OH excluding ortho intramolecular Hbond substituents is 1. The molecule has 1 aliphatic rings. The SMILES string of the molecule is COc1ccc2c(c1)CCN(c1ccc(O)c(F)c1)C2=O. The first kappa shape index (κ1) is 13.4. The predicted molar refractivity (Wildman–Crippen MR) is 76.4 cm³/mol. The Bertz CT molecular complexity index is 715. The Morgan fingerprint density at radius 2 is 2.05 bits per heavy atom. The standard InChI is InChI=1S/C16H14FNO3/c1-21-12-3-4-13-10(8-12)6-7-18(16(13)20)11-2-5-15(19)14(17)9-11/h2-5,8-9,19H,6-7H2,1H3. The molecule has 4 nitrogen and oxygen atoms in total. The highest BCUT2D eigenvalue weighted by Gasteiger charge is 2.26. The Morgan fingerprint density at radius 1 is 1.24 bits per heavy atom. The Labute approximate surface area is 121 Å². The zero-order chi connectivity index (χ0) is 15.0. The second-order valence-corrected chi connectivity index (χ2v) is 4.87. The molecule has 0 unspecified atom stereocenters. The number of rotatable bonds is 2. The number of hydrogen-bond acceptors (Lipinski definition) is 3. The molecule has 2 aromatic rings. The summed E-state index contributed by atoms with van der Waals surface area (Å²) in [5.74, 6) is -0.621. The Morgan fingerprint density at radius 3 is 2.76 bits per heavy atom. The lowest BCUT2D eigenvalue weighted by Gasteiger charge is -2.29. The Balaban J connectivity index is 1.96. The van der Waals surface area contributed by atoms with Crippen LogP contribution in [0.3, 0.4) is 0 Å². The number of aromatic hydroxyl groups is 1. The van der Waals surface area contributed by atoms with Gasteiger partial charge in [-0.25, -0.2) is 4.39 Å². The zero-order valence-corrected chi connectivity index (χ0v) is 11.5. The van der Waals surface area contributed by atoms with Crippen LogP contribution in [0.4, 0.5) is 10.1 Å². The van der Waals surface area contributed by atoms with Crippen LogP contribution < -0.4 is 9.64 Å². The van der Waals surface area contributed by atoms with E-state index in [2.05, 4.69) is 0 Å². The number of halogens is 1. The maximum atomic E-state index is 13.5. The average molecular weight is 287 g/mol. The Kier molecular flexibility index (Phi) is 3.25. The smallest absolute Gasteiger partial charge is 0.258 e. The van der Waals surface area contributed by atoms with Crippen LogP contribution in [0.1, 0.15) is 15.9 Å². The fourth-order valence-corrected chi connectivity index (χ4v) is 2.50. The van der Waals surface area contributed by atoms with Gasteiger partial charge in [0.05, 0.1) is 7.11 Å². The topological polar surface area (TPSA) is 49.8 Å². The molecule has 3 rings (SSSR count). The fourth-order valence-electron chi connectivity index (χ4n) is 2.50. The van der Waals surface area contributed by atoms with Gasteiger partial charge in [0.15, 0.2) is 11.6 Å². The highest BCUT2D eigenvalue weighted by atomic mass is 19.1. The van der Waals surface area contributed by atoms with Crippen molar-refractivity contribution in [1.82, 2.24) is 0 Å². The van der Waals surface area contributed by atoms with Crippen LogP contribution in [-0.2, 0) is 6.42 Å². The van der Waals surface area contributed by atoms with E-state index in [1.165, 1.54) is 23.1 Å². The molecule has 0 fully saturated rings. The van der Waals surface area contributed by atoms with Crippen molar-refractivity contribution in [2.75, 3.05) is 18.6 Å². The molecule has 0 aliphatic carbocycles. The van der Waals surface area contributed by atoms with Gasteiger partial charge < -0.3 is 14.7 Å². The van der Waals surface area contributed by atoms with Gasteiger partial charge in [0.25, 0.3) is 5.91 Å². The van der Waals surface area contributed by atoms with Gasteiger partial charge in [-0.2, -0.15) is 0 Å². The van der Waals surface area contributed by atoms with E-state index < -0.39 is 11.6 Å². The molecule has 0 radical (unpaired) electrons. The molecule has 0 bridgehead atoms. The van der Waals surface area contributed by atoms with Gasteiger partial charge in [-0.15, -0.1) is 0 Å². The van der Waals surface area contributed by atoms with Crippen LogP contribution in [0.2, 0.25) is 0 Å². The van der Waals surface area contributed by atoms with Crippen molar-refractivity contribution in [3.05, 3.63) is 53.3 Å². The largest absolute Gasteiger partial charge is 0.505 e. The number of amides is 1. The summed E-state index contributed by atoms with van der Waals surface area (Å²) in [6.45, 7) is 0.462. The van der Waals surface area contributed by atoms with Gasteiger partial charge in [-0.3, -0.25) is 4.79 Å². The normalized spacial score (nSPS) is 14.0. The maximum absolute atomic E-state index is 13.5. The lowest BCUT2D eigenvalue weighted by molar-refractivity contribution is 0.0980. The third-order valence-electron chi connectivity index (χ3n) is 3.64. The summed E-state index contributed by atoms with van der Waals surface area (Å²) in [4.78, 5) is 14.0. The van der Waals surface area contributed by atoms with Gasteiger partial charge in [0, 0.05) is 23.9 Å². The Hall–Kier alpha value is -2.56. The lowest BCUT2D eigenvalue weighted by Crippen LogP contribution is -2.37. The number of carbonyl (C=O) groups excluding carboxylic acids is 1. The number of nitrogens with zero attached hydrogens (tertiary/aromatic N) is 1. The second kappa shape index (κ2) is 5.09. The molecule has 0 spiro atoms. The molecule has 21 heavy (non-hydrogen) atoms. The molecular weight excluding hydrogens is 273 g/mol. The summed E-state index contributed by atoms with van der Waals surface area (Å²) in [5, 5.41) is 9.23. The van der Waals surface area contributed by atoms with Crippen LogP contribution >= 0.6 is 0 Å². The maximum Gasteiger partial charge on any atom is 0.258 e. The molecule has 0 saturated carbocycles. The van der Waals surface area contributed by atoms with E-state index in [4.69, 9.17) is 4.74 Å². The van der Waals surface area contributed by atoms with Gasteiger partial charge in [0.1, 0.15) is 5.75 Å². The van der Waals surface area contributed by atoms with Crippen LogP contribution in [0.5, 0.6) is 11.5 Å². The number of ether oxygens (including phenoxy) is 1. The molecule has 108 valence electrons. The summed E-state index contributed by atoms with van der Waals surface area (Å²) >= 11 is 0. The van der Waals surface area contributed by atoms with E-state index in [1.807, 2.05) is 6.07 Å². The molecule has 0 saturated heterocycles. The summed E-state index contributed by atoms with van der Waals surface area (Å²) in [7, 11) is 1.58. The summed E-state index contributed by atoms with van der Waals surface area (Å²) in [6, 6.07) is 9.26. The van der Waals surface area contributed by atoms with Crippen molar-refractivity contribution in [3.63, 3.8) is 0 Å². The molecule has 2 aromatic carbocycles. The van der Waals surface area contributed by atoms with Crippen molar-refractivity contribution in [2.24, 2.45) is 0 Å². The first-order valence-electron chi connectivity index (χ1n) is 6.57. The average Bonchev–Trinajstić information content (AvgIpc) is 2.50. The molecule has 1 heterocycles. The molecule has 0 atom stereocenters. The second-order valence-electron chi connectivity index (χ2n) is 4.87.